The Labute approximate surface area is 173 Å². The van der Waals surface area contributed by atoms with Gasteiger partial charge in [-0.15, -0.1) is 4.73 Å². The summed E-state index contributed by atoms with van der Waals surface area (Å²) in [5.41, 5.74) is 16.9. The molecule has 0 amide bonds. The van der Waals surface area contributed by atoms with Gasteiger partial charge in [0.1, 0.15) is 23.3 Å². The van der Waals surface area contributed by atoms with Gasteiger partial charge in [-0.3, -0.25) is 5.41 Å². The average molecular weight is 416 g/mol. The maximum atomic E-state index is 9.55. The number of anilines is 5. The van der Waals surface area contributed by atoms with Crippen molar-refractivity contribution in [1.29, 1.82) is 5.41 Å². The van der Waals surface area contributed by atoms with E-state index in [1.165, 1.54) is 0 Å². The van der Waals surface area contributed by atoms with Crippen LogP contribution in [0.1, 0.15) is 25.7 Å². The molecular weight excluding hydrogens is 388 g/mol. The van der Waals surface area contributed by atoms with Crippen molar-refractivity contribution >= 4 is 29.2 Å². The number of ether oxygens (including phenoxy) is 1. The molecule has 12 heteroatoms. The molecule has 30 heavy (non-hydrogen) atoms. The van der Waals surface area contributed by atoms with Crippen LogP contribution in [0.5, 0.6) is 0 Å². The second-order valence-electron chi connectivity index (χ2n) is 7.69. The van der Waals surface area contributed by atoms with Crippen molar-refractivity contribution in [2.75, 3.05) is 53.2 Å². The van der Waals surface area contributed by atoms with E-state index in [9.17, 15) is 5.21 Å². The monoisotopic (exact) mass is 416 g/mol. The van der Waals surface area contributed by atoms with Crippen LogP contribution in [0, 0.1) is 5.41 Å². The number of hydrogen-bond acceptors (Lipinski definition) is 11. The molecule has 0 unspecified atom stereocenters. The first-order valence-corrected chi connectivity index (χ1v) is 10.1. The largest absolute Gasteiger partial charge is 0.423 e. The number of nitrogens with one attached hydrogen (secondary N) is 1. The van der Waals surface area contributed by atoms with Gasteiger partial charge in [0.25, 0.3) is 5.62 Å². The Morgan fingerprint density at radius 3 is 1.90 bits per heavy atom. The van der Waals surface area contributed by atoms with Crippen molar-refractivity contribution < 1.29 is 9.94 Å². The van der Waals surface area contributed by atoms with Crippen molar-refractivity contribution in [2.45, 2.75) is 37.9 Å². The van der Waals surface area contributed by atoms with Gasteiger partial charge in [0, 0.05) is 38.3 Å². The third-order valence-electron chi connectivity index (χ3n) is 5.61. The summed E-state index contributed by atoms with van der Waals surface area (Å²) in [6.45, 7) is 3.20. The Hall–Kier alpha value is -3.28. The van der Waals surface area contributed by atoms with Crippen molar-refractivity contribution in [1.82, 2.24) is 19.7 Å². The molecule has 2 fully saturated rings. The molecule has 4 rings (SSSR count). The lowest BCUT2D eigenvalue weighted by atomic mass is 10.0. The quantitative estimate of drug-likeness (QED) is 0.418. The van der Waals surface area contributed by atoms with Gasteiger partial charge in [-0.2, -0.15) is 15.0 Å². The predicted octanol–water partition coefficient (Wildman–Crippen LogP) is -0.209. The van der Waals surface area contributed by atoms with Crippen LogP contribution in [0.4, 0.5) is 29.2 Å². The summed E-state index contributed by atoms with van der Waals surface area (Å²) in [4.78, 5) is 16.5. The molecule has 4 heterocycles. The number of hydrogen-bond donors (Lipinski definition) is 5. The smallest absolute Gasteiger partial charge is 0.259 e. The minimum atomic E-state index is -0.276. The van der Waals surface area contributed by atoms with E-state index in [1.54, 1.807) is 12.1 Å². The van der Waals surface area contributed by atoms with Gasteiger partial charge in [-0.1, -0.05) is 0 Å². The molecule has 0 aromatic carbocycles. The van der Waals surface area contributed by atoms with Gasteiger partial charge in [-0.05, 0) is 25.7 Å². The number of nitrogens with zero attached hydrogens (tertiary/aromatic N) is 6. The molecule has 2 saturated heterocycles. The number of aromatic nitrogens is 4. The summed E-state index contributed by atoms with van der Waals surface area (Å²) >= 11 is 0. The summed E-state index contributed by atoms with van der Waals surface area (Å²) in [6.07, 6.45) is 4.00. The zero-order valence-electron chi connectivity index (χ0n) is 16.7. The highest BCUT2D eigenvalue weighted by atomic mass is 16.5. The van der Waals surface area contributed by atoms with Crippen molar-refractivity contribution in [3.8, 4) is 0 Å². The fourth-order valence-electron chi connectivity index (χ4n) is 4.01. The molecule has 2 aliphatic rings. The minimum absolute atomic E-state index is 0.0994. The number of nitrogen functional groups attached to an aromatic ring is 3. The van der Waals surface area contributed by atoms with E-state index < -0.39 is 0 Å². The topological polar surface area (TPSA) is 181 Å². The van der Waals surface area contributed by atoms with Gasteiger partial charge in [0.2, 0.25) is 5.95 Å². The highest BCUT2D eigenvalue weighted by Crippen LogP contribution is 2.25. The first kappa shape index (κ1) is 20.0. The van der Waals surface area contributed by atoms with Crippen LogP contribution in [-0.4, -0.2) is 63.3 Å². The third kappa shape index (κ3) is 4.32. The lowest BCUT2D eigenvalue weighted by molar-refractivity contribution is -0.0338. The van der Waals surface area contributed by atoms with Crippen LogP contribution < -0.4 is 32.6 Å². The van der Waals surface area contributed by atoms with Crippen LogP contribution in [0.25, 0.3) is 0 Å². The highest BCUT2D eigenvalue weighted by molar-refractivity contribution is 5.50. The SMILES string of the molecule is N=c1nc(N2CCC(OC3CCN(c4cc(N)nc(N)n4)CC3)CC2)cc(N)n1O. The Kier molecular flexibility index (Phi) is 5.48. The molecule has 0 saturated carbocycles. The summed E-state index contributed by atoms with van der Waals surface area (Å²) < 4.78 is 6.92. The molecule has 8 N–H and O–H groups in total. The van der Waals surface area contributed by atoms with E-state index in [4.69, 9.17) is 27.3 Å². The average Bonchev–Trinajstić information content (AvgIpc) is 2.72. The number of rotatable bonds is 4. The van der Waals surface area contributed by atoms with E-state index in [0.717, 1.165) is 57.7 Å². The minimum Gasteiger partial charge on any atom is -0.423 e. The first-order chi connectivity index (χ1) is 14.4. The maximum Gasteiger partial charge on any atom is 0.259 e. The summed E-state index contributed by atoms with van der Waals surface area (Å²) in [6, 6.07) is 3.33. The molecule has 0 bridgehead atoms. The molecule has 162 valence electrons. The van der Waals surface area contributed by atoms with Crippen molar-refractivity contribution in [3.05, 3.63) is 17.8 Å². The molecule has 0 radical (unpaired) electrons. The highest BCUT2D eigenvalue weighted by Gasteiger charge is 2.27. The normalized spacial score (nSPS) is 18.7. The fourth-order valence-corrected chi connectivity index (χ4v) is 4.01. The molecule has 12 nitrogen and oxygen atoms in total. The van der Waals surface area contributed by atoms with Crippen LogP contribution in [0.2, 0.25) is 0 Å². The second kappa shape index (κ2) is 8.22. The molecule has 0 aliphatic carbocycles. The Morgan fingerprint density at radius 2 is 1.40 bits per heavy atom. The summed E-state index contributed by atoms with van der Waals surface area (Å²) in [7, 11) is 0. The lowest BCUT2D eigenvalue weighted by Gasteiger charge is -2.37. The summed E-state index contributed by atoms with van der Waals surface area (Å²) in [5, 5.41) is 17.2. The van der Waals surface area contributed by atoms with E-state index in [-0.39, 0.29) is 29.6 Å². The first-order valence-electron chi connectivity index (χ1n) is 10.1. The van der Waals surface area contributed by atoms with Crippen LogP contribution in [0.3, 0.4) is 0 Å². The van der Waals surface area contributed by atoms with Crippen LogP contribution in [-0.2, 0) is 4.74 Å². The maximum absolute atomic E-state index is 9.55. The van der Waals surface area contributed by atoms with E-state index in [2.05, 4.69) is 24.8 Å². The van der Waals surface area contributed by atoms with E-state index in [1.807, 2.05) is 0 Å². The second-order valence-corrected chi connectivity index (χ2v) is 7.69. The van der Waals surface area contributed by atoms with Gasteiger partial charge in [-0.25, -0.2) is 0 Å². The zero-order chi connectivity index (χ0) is 21.3. The van der Waals surface area contributed by atoms with Gasteiger partial charge in [0.05, 0.1) is 12.2 Å². The fraction of sp³-hybridized carbons (Fsp3) is 0.556. The molecule has 2 aromatic heterocycles. The molecule has 2 aliphatic heterocycles. The van der Waals surface area contributed by atoms with Gasteiger partial charge < -0.3 is 36.9 Å². The standard InChI is InChI=1S/C18H28N10O2/c19-13-9-15(24-17(21)23-13)26-5-1-11(2-6-26)30-12-3-7-27(8-4-12)16-10-14(20)28(29)18(22)25-16/h9-12,22,29H,1-8,20H2,(H4,19,21,23,24). The Balaban J connectivity index is 1.27. The third-order valence-corrected chi connectivity index (χ3v) is 5.61. The van der Waals surface area contributed by atoms with Crippen LogP contribution in [0.15, 0.2) is 12.1 Å². The molecule has 2 aromatic rings. The molecular formula is C18H28N10O2. The number of nitrogens with two attached hydrogens (primary N) is 3. The van der Waals surface area contributed by atoms with Gasteiger partial charge >= 0.3 is 0 Å². The van der Waals surface area contributed by atoms with E-state index >= 15 is 0 Å². The van der Waals surface area contributed by atoms with E-state index in [0.29, 0.717) is 16.4 Å². The van der Waals surface area contributed by atoms with Crippen molar-refractivity contribution in [3.63, 3.8) is 0 Å². The Bertz CT molecular complexity index is 928. The summed E-state index contributed by atoms with van der Waals surface area (Å²) in [5.74, 6) is 2.04. The van der Waals surface area contributed by atoms with Crippen molar-refractivity contribution in [2.24, 2.45) is 0 Å². The van der Waals surface area contributed by atoms with Crippen LogP contribution >= 0.6 is 0 Å². The van der Waals surface area contributed by atoms with Gasteiger partial charge in [0.15, 0.2) is 0 Å². The lowest BCUT2D eigenvalue weighted by Crippen LogP contribution is -2.43. The zero-order valence-corrected chi connectivity index (χ0v) is 16.7. The molecule has 0 spiro atoms. The Morgan fingerprint density at radius 1 is 0.867 bits per heavy atom. The predicted molar refractivity (Wildman–Crippen MR) is 112 cm³/mol. The molecule has 0 atom stereocenters. The number of piperidine rings is 2.